The second-order valence-electron chi connectivity index (χ2n) is 6.87. The number of halogens is 1. The molecule has 0 radical (unpaired) electrons. The van der Waals surface area contributed by atoms with Crippen molar-refractivity contribution in [3.63, 3.8) is 0 Å². The number of anilines is 1. The molecule has 0 aliphatic carbocycles. The number of benzene rings is 2. The summed E-state index contributed by atoms with van der Waals surface area (Å²) < 4.78 is 7.92. The molecule has 1 aromatic heterocycles. The van der Waals surface area contributed by atoms with Gasteiger partial charge in [-0.2, -0.15) is 0 Å². The Balaban J connectivity index is 1.67. The number of aromatic nitrogens is 3. The molecule has 0 spiro atoms. The minimum absolute atomic E-state index is 0.0235. The molecule has 3 aromatic rings. The zero-order valence-electron chi connectivity index (χ0n) is 17.7. The molecule has 11 heteroatoms. The quantitative estimate of drug-likeness (QED) is 0.262. The lowest BCUT2D eigenvalue weighted by atomic mass is 10.2. The highest BCUT2D eigenvalue weighted by molar-refractivity contribution is 7.99. The molecule has 0 aliphatic heterocycles. The molecule has 0 fully saturated rings. The Kier molecular flexibility index (Phi) is 7.70. The lowest BCUT2D eigenvalue weighted by Crippen LogP contribution is -2.16. The van der Waals surface area contributed by atoms with Crippen LogP contribution in [0, 0.1) is 17.0 Å². The molecule has 1 atom stereocenters. The van der Waals surface area contributed by atoms with Crippen LogP contribution in [0.5, 0.6) is 5.75 Å². The highest BCUT2D eigenvalue weighted by Gasteiger charge is 2.21. The first-order chi connectivity index (χ1) is 15.3. The van der Waals surface area contributed by atoms with E-state index >= 15 is 0 Å². The summed E-state index contributed by atoms with van der Waals surface area (Å²) in [6, 6.07) is 11.4. The first-order valence-corrected chi connectivity index (χ1v) is 11.2. The molecule has 2 aromatic carbocycles. The van der Waals surface area contributed by atoms with Gasteiger partial charge in [-0.25, -0.2) is 0 Å². The van der Waals surface area contributed by atoms with Crippen molar-refractivity contribution >= 4 is 40.6 Å². The average molecular weight is 476 g/mol. The summed E-state index contributed by atoms with van der Waals surface area (Å²) in [5.41, 5.74) is 0.905. The molecule has 3 rings (SSSR count). The molecule has 0 bridgehead atoms. The minimum Gasteiger partial charge on any atom is -0.482 e. The third-order valence-electron chi connectivity index (χ3n) is 4.57. The van der Waals surface area contributed by atoms with Gasteiger partial charge in [-0.05, 0) is 50.6 Å². The van der Waals surface area contributed by atoms with E-state index < -0.39 is 4.92 Å². The number of hydrogen-bond donors (Lipinski definition) is 1. The van der Waals surface area contributed by atoms with E-state index in [1.165, 1.54) is 23.9 Å². The maximum atomic E-state index is 12.4. The molecular formula is C21H22ClN5O4S. The number of ether oxygens (including phenoxy) is 1. The van der Waals surface area contributed by atoms with Crippen molar-refractivity contribution in [3.8, 4) is 5.75 Å². The van der Waals surface area contributed by atoms with Gasteiger partial charge in [0.25, 0.3) is 5.69 Å². The van der Waals surface area contributed by atoms with Crippen molar-refractivity contribution in [3.05, 3.63) is 69.0 Å². The Bertz CT molecular complexity index is 1140. The number of rotatable bonds is 9. The molecule has 32 heavy (non-hydrogen) atoms. The number of thioether (sulfide) groups is 1. The number of nitro benzene ring substituents is 1. The maximum Gasteiger partial charge on any atom is 0.292 e. The fraction of sp³-hybridized carbons (Fsp3) is 0.286. The van der Waals surface area contributed by atoms with Crippen molar-refractivity contribution in [1.29, 1.82) is 0 Å². The smallest absolute Gasteiger partial charge is 0.292 e. The normalized spacial score (nSPS) is 11.8. The van der Waals surface area contributed by atoms with E-state index in [0.717, 1.165) is 5.56 Å². The first-order valence-electron chi connectivity index (χ1n) is 9.82. The predicted octanol–water partition coefficient (Wildman–Crippen LogP) is 5.04. The third kappa shape index (κ3) is 5.57. The number of aryl methyl sites for hydroxylation is 1. The predicted molar refractivity (Wildman–Crippen MR) is 123 cm³/mol. The van der Waals surface area contributed by atoms with Crippen LogP contribution >= 0.6 is 23.4 Å². The largest absolute Gasteiger partial charge is 0.482 e. The van der Waals surface area contributed by atoms with Gasteiger partial charge >= 0.3 is 0 Å². The van der Waals surface area contributed by atoms with Crippen LogP contribution in [0.15, 0.2) is 47.6 Å². The topological polar surface area (TPSA) is 112 Å². The van der Waals surface area contributed by atoms with Crippen molar-refractivity contribution in [2.45, 2.75) is 38.6 Å². The zero-order valence-corrected chi connectivity index (χ0v) is 19.3. The monoisotopic (exact) mass is 475 g/mol. The van der Waals surface area contributed by atoms with Crippen LogP contribution in [0.3, 0.4) is 0 Å². The highest BCUT2D eigenvalue weighted by Crippen LogP contribution is 2.29. The molecule has 9 nitrogen and oxygen atoms in total. The lowest BCUT2D eigenvalue weighted by molar-refractivity contribution is -0.383. The Morgan fingerprint density at radius 1 is 1.31 bits per heavy atom. The molecule has 0 saturated carbocycles. The summed E-state index contributed by atoms with van der Waals surface area (Å²) in [7, 11) is 0. The molecule has 0 saturated heterocycles. The zero-order chi connectivity index (χ0) is 23.3. The Hall–Kier alpha value is -3.11. The van der Waals surface area contributed by atoms with Crippen molar-refractivity contribution in [2.24, 2.45) is 0 Å². The van der Waals surface area contributed by atoms with Crippen molar-refractivity contribution < 1.29 is 14.5 Å². The number of amides is 1. The number of hydrogen-bond acceptors (Lipinski definition) is 7. The van der Waals surface area contributed by atoms with Crippen molar-refractivity contribution in [2.75, 3.05) is 11.1 Å². The van der Waals surface area contributed by atoms with Gasteiger partial charge in [0.05, 0.1) is 10.7 Å². The summed E-state index contributed by atoms with van der Waals surface area (Å²) in [6.07, 6.45) is -0.377. The average Bonchev–Trinajstić information content (AvgIpc) is 3.17. The van der Waals surface area contributed by atoms with E-state index in [2.05, 4.69) is 15.5 Å². The molecule has 1 unspecified atom stereocenters. The van der Waals surface area contributed by atoms with Gasteiger partial charge in [0.1, 0.15) is 11.4 Å². The summed E-state index contributed by atoms with van der Waals surface area (Å²) in [5, 5.41) is 23.3. The van der Waals surface area contributed by atoms with Crippen LogP contribution in [-0.2, 0) is 11.3 Å². The molecule has 1 heterocycles. The van der Waals surface area contributed by atoms with E-state index in [9.17, 15) is 14.9 Å². The van der Waals surface area contributed by atoms with Gasteiger partial charge in [-0.15, -0.1) is 10.2 Å². The number of carbonyl (C=O) groups is 1. The summed E-state index contributed by atoms with van der Waals surface area (Å²) in [4.78, 5) is 22.9. The lowest BCUT2D eigenvalue weighted by Gasteiger charge is -2.17. The fourth-order valence-corrected chi connectivity index (χ4v) is 4.08. The van der Waals surface area contributed by atoms with Gasteiger partial charge in [0, 0.05) is 17.6 Å². The second-order valence-corrected chi connectivity index (χ2v) is 8.24. The molecule has 0 aliphatic rings. The molecule has 1 N–H and O–H groups in total. The van der Waals surface area contributed by atoms with E-state index in [0.29, 0.717) is 28.3 Å². The number of carbonyl (C=O) groups excluding carboxylic acids is 1. The first kappa shape index (κ1) is 23.6. The van der Waals surface area contributed by atoms with E-state index in [4.69, 9.17) is 16.3 Å². The number of nitrogens with zero attached hydrogens (tertiary/aromatic N) is 4. The third-order valence-corrected chi connectivity index (χ3v) is 5.78. The standard InChI is InChI=1S/C21H22ClN5O4S/c1-4-26-20(14(3)31-18-10-9-15(22)11-13(18)2)24-25-21(26)32-12-19(28)23-16-7-5-6-8-17(16)27(29)30/h5-11,14H,4,12H2,1-3H3,(H,23,28). The SMILES string of the molecule is CCn1c(SCC(=O)Nc2ccccc2[N+](=O)[O-])nnc1C(C)Oc1ccc(Cl)cc1C. The van der Waals surface area contributed by atoms with Crippen LogP contribution in [0.2, 0.25) is 5.02 Å². The van der Waals surface area contributed by atoms with Gasteiger partial charge in [0.15, 0.2) is 17.1 Å². The number of nitro groups is 1. The second kappa shape index (κ2) is 10.5. The van der Waals surface area contributed by atoms with Crippen LogP contribution < -0.4 is 10.1 Å². The van der Waals surface area contributed by atoms with Crippen LogP contribution in [0.1, 0.15) is 31.3 Å². The van der Waals surface area contributed by atoms with Gasteiger partial charge in [-0.1, -0.05) is 35.5 Å². The fourth-order valence-electron chi connectivity index (χ4n) is 3.05. The van der Waals surface area contributed by atoms with E-state index in [1.54, 1.807) is 18.2 Å². The Morgan fingerprint density at radius 3 is 2.75 bits per heavy atom. The van der Waals surface area contributed by atoms with Crippen molar-refractivity contribution in [1.82, 2.24) is 14.8 Å². The van der Waals surface area contributed by atoms with E-state index in [-0.39, 0.29) is 29.1 Å². The maximum absolute atomic E-state index is 12.4. The summed E-state index contributed by atoms with van der Waals surface area (Å²) in [6.45, 7) is 6.32. The number of nitrogens with one attached hydrogen (secondary N) is 1. The number of para-hydroxylation sites is 2. The summed E-state index contributed by atoms with van der Waals surface area (Å²) in [5.74, 6) is 0.974. The van der Waals surface area contributed by atoms with E-state index in [1.807, 2.05) is 37.5 Å². The van der Waals surface area contributed by atoms with Gasteiger partial charge < -0.3 is 14.6 Å². The molecular weight excluding hydrogens is 454 g/mol. The highest BCUT2D eigenvalue weighted by atomic mass is 35.5. The summed E-state index contributed by atoms with van der Waals surface area (Å²) >= 11 is 7.20. The van der Waals surface area contributed by atoms with Crippen LogP contribution in [-0.4, -0.2) is 31.3 Å². The van der Waals surface area contributed by atoms with Crippen LogP contribution in [0.25, 0.3) is 0 Å². The Labute approximate surface area is 194 Å². The minimum atomic E-state index is -0.535. The van der Waals surface area contributed by atoms with Gasteiger partial charge in [-0.3, -0.25) is 14.9 Å². The van der Waals surface area contributed by atoms with Gasteiger partial charge in [0.2, 0.25) is 5.91 Å². The molecule has 168 valence electrons. The molecule has 1 amide bonds. The Morgan fingerprint density at radius 2 is 2.06 bits per heavy atom. The van der Waals surface area contributed by atoms with Crippen LogP contribution in [0.4, 0.5) is 11.4 Å².